The maximum absolute atomic E-state index is 10.4. The van der Waals surface area contributed by atoms with Gasteiger partial charge in [-0.25, -0.2) is 4.79 Å². The summed E-state index contributed by atoms with van der Waals surface area (Å²) >= 11 is 3.39. The summed E-state index contributed by atoms with van der Waals surface area (Å²) in [6.07, 6.45) is -0.548. The number of halogens is 1. The first-order valence-corrected chi connectivity index (χ1v) is 5.89. The maximum Gasteiger partial charge on any atom is 0.404 e. The highest BCUT2D eigenvalue weighted by Crippen LogP contribution is 2.40. The molecule has 17 heavy (non-hydrogen) atoms. The minimum Gasteiger partial charge on any atom is -0.493 e. The van der Waals surface area contributed by atoms with E-state index in [9.17, 15) is 4.79 Å². The molecule has 2 N–H and O–H groups in total. The molecule has 1 amide bonds. The lowest BCUT2D eigenvalue weighted by Gasteiger charge is -2.11. The summed E-state index contributed by atoms with van der Waals surface area (Å²) in [6.45, 7) is 0.269. The van der Waals surface area contributed by atoms with Gasteiger partial charge in [0.1, 0.15) is 6.10 Å². The fourth-order valence-electron chi connectivity index (χ4n) is 1.83. The molecule has 1 aliphatic heterocycles. The smallest absolute Gasteiger partial charge is 0.404 e. The quantitative estimate of drug-likeness (QED) is 0.896. The Morgan fingerprint density at radius 1 is 1.71 bits per heavy atom. The van der Waals surface area contributed by atoms with Crippen LogP contribution in [0.3, 0.4) is 0 Å². The molecule has 0 aromatic heterocycles. The maximum atomic E-state index is 10.4. The summed E-state index contributed by atoms with van der Waals surface area (Å²) in [5.74, 6) is 1.36. The van der Waals surface area contributed by atoms with Crippen LogP contribution in [0, 0.1) is 0 Å². The van der Waals surface area contributed by atoms with Crippen LogP contribution in [0.2, 0.25) is 0 Å². The molecule has 0 bridgehead atoms. The van der Waals surface area contributed by atoms with Crippen LogP contribution in [-0.2, 0) is 6.42 Å². The van der Waals surface area contributed by atoms with Crippen LogP contribution in [0.15, 0.2) is 16.6 Å². The molecule has 0 saturated heterocycles. The lowest BCUT2D eigenvalue weighted by atomic mass is 10.1. The van der Waals surface area contributed by atoms with Crippen molar-refractivity contribution < 1.29 is 19.4 Å². The molecule has 0 radical (unpaired) electrons. The summed E-state index contributed by atoms with van der Waals surface area (Å²) in [6, 6.07) is 3.78. The third-order valence-corrected chi connectivity index (χ3v) is 2.99. The van der Waals surface area contributed by atoms with E-state index in [1.165, 1.54) is 0 Å². The van der Waals surface area contributed by atoms with Crippen molar-refractivity contribution >= 4 is 22.0 Å². The molecule has 1 aliphatic rings. The predicted molar refractivity (Wildman–Crippen MR) is 64.8 cm³/mol. The number of hydrogen-bond donors (Lipinski definition) is 2. The molecule has 0 saturated carbocycles. The second-order valence-electron chi connectivity index (χ2n) is 3.73. The fraction of sp³-hybridized carbons (Fsp3) is 0.364. The highest BCUT2D eigenvalue weighted by Gasteiger charge is 2.26. The molecule has 1 aromatic rings. The third-order valence-electron chi connectivity index (χ3n) is 2.53. The zero-order chi connectivity index (χ0) is 12.4. The number of ether oxygens (including phenoxy) is 2. The monoisotopic (exact) mass is 301 g/mol. The Morgan fingerprint density at radius 3 is 3.12 bits per heavy atom. The molecule has 1 unspecified atom stereocenters. The molecule has 1 aromatic carbocycles. The lowest BCUT2D eigenvalue weighted by Crippen LogP contribution is -2.33. The Balaban J connectivity index is 2.13. The van der Waals surface area contributed by atoms with E-state index in [1.807, 2.05) is 12.1 Å². The SMILES string of the molecule is COc1cc(Br)cc2c1OC(CNC(=O)O)C2. The van der Waals surface area contributed by atoms with Gasteiger partial charge in [-0.1, -0.05) is 15.9 Å². The van der Waals surface area contributed by atoms with Gasteiger partial charge in [-0.05, 0) is 12.1 Å². The molecule has 0 aliphatic carbocycles. The van der Waals surface area contributed by atoms with E-state index in [0.29, 0.717) is 17.9 Å². The normalized spacial score (nSPS) is 17.2. The van der Waals surface area contributed by atoms with E-state index in [-0.39, 0.29) is 12.6 Å². The first-order chi connectivity index (χ1) is 8.10. The minimum atomic E-state index is -1.04. The Hall–Kier alpha value is -1.43. The molecule has 0 spiro atoms. The zero-order valence-corrected chi connectivity index (χ0v) is 10.8. The second-order valence-corrected chi connectivity index (χ2v) is 4.64. The second kappa shape index (κ2) is 4.83. The summed E-state index contributed by atoms with van der Waals surface area (Å²) in [5, 5.41) is 10.9. The molecule has 92 valence electrons. The molecule has 2 rings (SSSR count). The fourth-order valence-corrected chi connectivity index (χ4v) is 2.31. The van der Waals surface area contributed by atoms with Gasteiger partial charge in [0.25, 0.3) is 0 Å². The summed E-state index contributed by atoms with van der Waals surface area (Å²) in [4.78, 5) is 10.4. The predicted octanol–water partition coefficient (Wildman–Crippen LogP) is 2.03. The molecule has 1 atom stereocenters. The van der Waals surface area contributed by atoms with Gasteiger partial charge in [-0.2, -0.15) is 0 Å². The van der Waals surface area contributed by atoms with Gasteiger partial charge in [0.05, 0.1) is 13.7 Å². The lowest BCUT2D eigenvalue weighted by molar-refractivity contribution is 0.179. The number of rotatable bonds is 3. The van der Waals surface area contributed by atoms with E-state index >= 15 is 0 Å². The molecule has 1 heterocycles. The van der Waals surface area contributed by atoms with Crippen molar-refractivity contribution in [3.8, 4) is 11.5 Å². The number of carbonyl (C=O) groups is 1. The first-order valence-electron chi connectivity index (χ1n) is 5.10. The van der Waals surface area contributed by atoms with E-state index in [2.05, 4.69) is 21.2 Å². The Morgan fingerprint density at radius 2 is 2.47 bits per heavy atom. The third kappa shape index (κ3) is 2.63. The number of methoxy groups -OCH3 is 1. The average molecular weight is 302 g/mol. The number of hydrogen-bond acceptors (Lipinski definition) is 3. The van der Waals surface area contributed by atoms with Crippen molar-refractivity contribution in [2.75, 3.05) is 13.7 Å². The van der Waals surface area contributed by atoms with Crippen molar-refractivity contribution in [1.29, 1.82) is 0 Å². The Labute approximate surface area is 107 Å². The largest absolute Gasteiger partial charge is 0.493 e. The number of fused-ring (bicyclic) bond motifs is 1. The number of amides is 1. The van der Waals surface area contributed by atoms with Crippen molar-refractivity contribution in [1.82, 2.24) is 5.32 Å². The van der Waals surface area contributed by atoms with E-state index in [4.69, 9.17) is 14.6 Å². The van der Waals surface area contributed by atoms with Gasteiger partial charge in [0.15, 0.2) is 11.5 Å². The zero-order valence-electron chi connectivity index (χ0n) is 9.20. The average Bonchev–Trinajstić information content (AvgIpc) is 2.67. The summed E-state index contributed by atoms with van der Waals surface area (Å²) in [7, 11) is 1.58. The van der Waals surface area contributed by atoms with Crippen LogP contribution in [-0.4, -0.2) is 31.0 Å². The summed E-state index contributed by atoms with van der Waals surface area (Å²) < 4.78 is 11.8. The number of benzene rings is 1. The molecule has 5 nitrogen and oxygen atoms in total. The number of carboxylic acid groups (broad SMARTS) is 1. The first kappa shape index (κ1) is 12.0. The van der Waals surface area contributed by atoms with Crippen LogP contribution in [0.1, 0.15) is 5.56 Å². The van der Waals surface area contributed by atoms with Crippen molar-refractivity contribution in [3.05, 3.63) is 22.2 Å². The van der Waals surface area contributed by atoms with Gasteiger partial charge < -0.3 is 19.9 Å². The van der Waals surface area contributed by atoms with Gasteiger partial charge in [0, 0.05) is 16.5 Å². The van der Waals surface area contributed by atoms with Gasteiger partial charge in [-0.15, -0.1) is 0 Å². The van der Waals surface area contributed by atoms with Crippen LogP contribution in [0.25, 0.3) is 0 Å². The van der Waals surface area contributed by atoms with Crippen molar-refractivity contribution in [2.45, 2.75) is 12.5 Å². The van der Waals surface area contributed by atoms with Gasteiger partial charge in [-0.3, -0.25) is 0 Å². The minimum absolute atomic E-state index is 0.177. The van der Waals surface area contributed by atoms with Gasteiger partial charge in [0.2, 0.25) is 0 Å². The van der Waals surface area contributed by atoms with E-state index in [1.54, 1.807) is 7.11 Å². The van der Waals surface area contributed by atoms with Gasteiger partial charge >= 0.3 is 6.09 Å². The molecular formula is C11H12BrNO4. The molecule has 0 fully saturated rings. The summed E-state index contributed by atoms with van der Waals surface area (Å²) in [5.41, 5.74) is 1.02. The topological polar surface area (TPSA) is 67.8 Å². The van der Waals surface area contributed by atoms with E-state index < -0.39 is 6.09 Å². The molecule has 6 heteroatoms. The Kier molecular flexibility index (Phi) is 3.42. The van der Waals surface area contributed by atoms with Crippen LogP contribution in [0.4, 0.5) is 4.79 Å². The standard InChI is InChI=1S/C11H12BrNO4/c1-16-9-4-7(12)2-6-3-8(17-10(6)9)5-13-11(14)15/h2,4,8,13H,3,5H2,1H3,(H,14,15). The van der Waals surface area contributed by atoms with Crippen LogP contribution >= 0.6 is 15.9 Å². The van der Waals surface area contributed by atoms with Crippen molar-refractivity contribution in [3.63, 3.8) is 0 Å². The molecular weight excluding hydrogens is 290 g/mol. The Bertz CT molecular complexity index is 449. The highest BCUT2D eigenvalue weighted by molar-refractivity contribution is 9.10. The van der Waals surface area contributed by atoms with Crippen molar-refractivity contribution in [2.24, 2.45) is 0 Å². The van der Waals surface area contributed by atoms with E-state index in [0.717, 1.165) is 10.0 Å². The number of nitrogens with one attached hydrogen (secondary N) is 1. The highest BCUT2D eigenvalue weighted by atomic mass is 79.9. The van der Waals surface area contributed by atoms with Crippen LogP contribution in [0.5, 0.6) is 11.5 Å². The van der Waals surface area contributed by atoms with Crippen LogP contribution < -0.4 is 14.8 Å².